The Morgan fingerprint density at radius 2 is 2.10 bits per heavy atom. The van der Waals surface area contributed by atoms with E-state index in [4.69, 9.17) is 12.2 Å². The Hall–Kier alpha value is -2.20. The first-order chi connectivity index (χ1) is 9.33. The van der Waals surface area contributed by atoms with Crippen molar-refractivity contribution in [3.8, 4) is 18.1 Å². The fraction of sp³-hybridized carbons (Fsp3) is 0.308. The molecule has 0 aromatic heterocycles. The van der Waals surface area contributed by atoms with E-state index in [9.17, 15) is 18.0 Å². The largest absolute Gasteiger partial charge is 0.482 e. The van der Waals surface area contributed by atoms with Crippen molar-refractivity contribution in [3.05, 3.63) is 24.3 Å². The molecule has 108 valence electrons. The Morgan fingerprint density at radius 3 is 2.70 bits per heavy atom. The lowest BCUT2D eigenvalue weighted by Gasteiger charge is -2.15. The number of amides is 1. The Bertz CT molecular complexity index is 509. The van der Waals surface area contributed by atoms with E-state index in [1.165, 1.54) is 18.2 Å². The van der Waals surface area contributed by atoms with Gasteiger partial charge in [-0.15, -0.1) is 12.3 Å². The second-order valence-corrected chi connectivity index (χ2v) is 3.90. The number of nitrogens with one attached hydrogen (secondary N) is 1. The minimum Gasteiger partial charge on any atom is -0.482 e. The summed E-state index contributed by atoms with van der Waals surface area (Å²) in [5.41, 5.74) is 5.60. The van der Waals surface area contributed by atoms with Gasteiger partial charge in [0, 0.05) is 6.42 Å². The second kappa shape index (κ2) is 6.82. The van der Waals surface area contributed by atoms with Crippen LogP contribution in [0.1, 0.15) is 6.42 Å². The zero-order valence-corrected chi connectivity index (χ0v) is 10.4. The summed E-state index contributed by atoms with van der Waals surface area (Å²) in [6.07, 6.45) is 0.590. The van der Waals surface area contributed by atoms with Crippen molar-refractivity contribution in [2.45, 2.75) is 18.6 Å². The monoisotopic (exact) mass is 286 g/mol. The number of nitrogens with two attached hydrogens (primary N) is 1. The number of hydrogen-bond acceptors (Lipinski definition) is 3. The molecule has 0 bridgehead atoms. The highest BCUT2D eigenvalue weighted by Crippen LogP contribution is 2.26. The lowest BCUT2D eigenvalue weighted by molar-refractivity contribution is -0.153. The van der Waals surface area contributed by atoms with Crippen LogP contribution in [-0.2, 0) is 4.79 Å². The Morgan fingerprint density at radius 1 is 1.45 bits per heavy atom. The molecule has 0 heterocycles. The molecule has 0 spiro atoms. The first-order valence-electron chi connectivity index (χ1n) is 5.62. The molecule has 0 aliphatic carbocycles. The van der Waals surface area contributed by atoms with Crippen molar-refractivity contribution in [1.82, 2.24) is 0 Å². The molecule has 0 aliphatic rings. The third kappa shape index (κ3) is 5.20. The number of alkyl halides is 3. The highest BCUT2D eigenvalue weighted by Gasteiger charge is 2.29. The van der Waals surface area contributed by atoms with E-state index in [1.54, 1.807) is 6.07 Å². The van der Waals surface area contributed by atoms with Gasteiger partial charge in [-0.05, 0) is 12.1 Å². The molecule has 3 N–H and O–H groups in total. The van der Waals surface area contributed by atoms with Crippen LogP contribution in [0, 0.1) is 12.3 Å². The van der Waals surface area contributed by atoms with Gasteiger partial charge in [0.15, 0.2) is 6.61 Å². The maximum Gasteiger partial charge on any atom is 0.422 e. The van der Waals surface area contributed by atoms with Gasteiger partial charge in [-0.25, -0.2) is 0 Å². The average molecular weight is 286 g/mol. The topological polar surface area (TPSA) is 64.4 Å². The summed E-state index contributed by atoms with van der Waals surface area (Å²) in [7, 11) is 0. The number of hydrogen-bond donors (Lipinski definition) is 2. The molecule has 4 nitrogen and oxygen atoms in total. The maximum atomic E-state index is 12.1. The van der Waals surface area contributed by atoms with E-state index in [1.807, 2.05) is 0 Å². The quantitative estimate of drug-likeness (QED) is 0.813. The van der Waals surface area contributed by atoms with Crippen LogP contribution in [0.5, 0.6) is 5.75 Å². The van der Waals surface area contributed by atoms with Gasteiger partial charge in [0.2, 0.25) is 5.91 Å². The molecular formula is C13H13F3N2O2. The number of benzene rings is 1. The molecule has 0 saturated carbocycles. The van der Waals surface area contributed by atoms with Crippen molar-refractivity contribution in [2.24, 2.45) is 5.73 Å². The van der Waals surface area contributed by atoms with Crippen molar-refractivity contribution >= 4 is 11.6 Å². The molecule has 1 unspecified atom stereocenters. The van der Waals surface area contributed by atoms with E-state index in [0.29, 0.717) is 0 Å². The average Bonchev–Trinajstić information content (AvgIpc) is 2.37. The summed E-state index contributed by atoms with van der Waals surface area (Å²) < 4.78 is 41.0. The van der Waals surface area contributed by atoms with Gasteiger partial charge >= 0.3 is 6.18 Å². The number of para-hydroxylation sites is 2. The Kier molecular flexibility index (Phi) is 5.41. The molecule has 0 saturated heterocycles. The molecule has 20 heavy (non-hydrogen) atoms. The number of carbonyl (C=O) groups excluding carboxylic acids is 1. The molecule has 1 rings (SSSR count). The number of terminal acetylenes is 1. The van der Waals surface area contributed by atoms with Crippen LogP contribution in [0.2, 0.25) is 0 Å². The van der Waals surface area contributed by atoms with Crippen LogP contribution in [0.25, 0.3) is 0 Å². The summed E-state index contributed by atoms with van der Waals surface area (Å²) in [5, 5.41) is 2.38. The third-order valence-electron chi connectivity index (χ3n) is 2.21. The first kappa shape index (κ1) is 15.9. The number of halogens is 3. The van der Waals surface area contributed by atoms with Crippen LogP contribution in [0.4, 0.5) is 18.9 Å². The molecule has 0 radical (unpaired) electrons. The molecule has 0 aliphatic heterocycles. The molecule has 0 fully saturated rings. The summed E-state index contributed by atoms with van der Waals surface area (Å²) in [4.78, 5) is 11.6. The van der Waals surface area contributed by atoms with Gasteiger partial charge in [0.1, 0.15) is 5.75 Å². The Labute approximate surface area is 114 Å². The zero-order valence-electron chi connectivity index (χ0n) is 10.4. The second-order valence-electron chi connectivity index (χ2n) is 3.90. The van der Waals surface area contributed by atoms with E-state index in [-0.39, 0.29) is 17.9 Å². The standard InChI is InChI=1S/C13H13F3N2O2/c1-2-5-9(17)12(19)18-10-6-3-4-7-11(10)20-8-13(14,15)16/h1,3-4,6-7,9H,5,8,17H2,(H,18,19). The summed E-state index contributed by atoms with van der Waals surface area (Å²) in [6.45, 7) is -1.45. The van der Waals surface area contributed by atoms with Crippen molar-refractivity contribution in [2.75, 3.05) is 11.9 Å². The molecule has 1 aromatic carbocycles. The lowest BCUT2D eigenvalue weighted by atomic mass is 10.2. The van der Waals surface area contributed by atoms with Crippen LogP contribution in [0.3, 0.4) is 0 Å². The predicted octanol–water partition coefficient (Wildman–Crippen LogP) is 1.92. The molecule has 1 amide bonds. The molecule has 7 heteroatoms. The fourth-order valence-corrected chi connectivity index (χ4v) is 1.30. The number of rotatable bonds is 5. The van der Waals surface area contributed by atoms with Crippen LogP contribution < -0.4 is 15.8 Å². The van der Waals surface area contributed by atoms with Gasteiger partial charge < -0.3 is 15.8 Å². The normalized spacial score (nSPS) is 12.3. The highest BCUT2D eigenvalue weighted by atomic mass is 19.4. The molecule has 1 atom stereocenters. The predicted molar refractivity (Wildman–Crippen MR) is 68.0 cm³/mol. The Balaban J connectivity index is 2.76. The van der Waals surface area contributed by atoms with Gasteiger partial charge in [0.05, 0.1) is 11.7 Å². The summed E-state index contributed by atoms with van der Waals surface area (Å²) in [5.74, 6) is 1.54. The first-order valence-corrected chi connectivity index (χ1v) is 5.62. The minimum atomic E-state index is -4.46. The zero-order chi connectivity index (χ0) is 15.2. The van der Waals surface area contributed by atoms with Crippen LogP contribution >= 0.6 is 0 Å². The summed E-state index contributed by atoms with van der Waals surface area (Å²) in [6, 6.07) is 4.82. The number of carbonyl (C=O) groups is 1. The van der Waals surface area contributed by atoms with Crippen LogP contribution in [0.15, 0.2) is 24.3 Å². The third-order valence-corrected chi connectivity index (χ3v) is 2.21. The minimum absolute atomic E-state index is 0.0252. The van der Waals surface area contributed by atoms with Crippen molar-refractivity contribution in [1.29, 1.82) is 0 Å². The van der Waals surface area contributed by atoms with E-state index in [0.717, 1.165) is 0 Å². The van der Waals surface area contributed by atoms with E-state index in [2.05, 4.69) is 16.0 Å². The van der Waals surface area contributed by atoms with Crippen molar-refractivity contribution < 1.29 is 22.7 Å². The van der Waals surface area contributed by atoms with Crippen molar-refractivity contribution in [3.63, 3.8) is 0 Å². The van der Waals surface area contributed by atoms with Gasteiger partial charge in [-0.2, -0.15) is 13.2 Å². The van der Waals surface area contributed by atoms with E-state index < -0.39 is 24.7 Å². The number of anilines is 1. The van der Waals surface area contributed by atoms with Gasteiger partial charge in [0.25, 0.3) is 0 Å². The molecule has 1 aromatic rings. The lowest BCUT2D eigenvalue weighted by Crippen LogP contribution is -2.35. The summed E-state index contributed by atoms with van der Waals surface area (Å²) >= 11 is 0. The molecular weight excluding hydrogens is 273 g/mol. The van der Waals surface area contributed by atoms with Crippen LogP contribution in [-0.4, -0.2) is 24.7 Å². The van der Waals surface area contributed by atoms with E-state index >= 15 is 0 Å². The fourth-order valence-electron chi connectivity index (χ4n) is 1.30. The van der Waals surface area contributed by atoms with Gasteiger partial charge in [-0.1, -0.05) is 12.1 Å². The SMILES string of the molecule is C#CCC(N)C(=O)Nc1ccccc1OCC(F)(F)F. The van der Waals surface area contributed by atoms with Gasteiger partial charge in [-0.3, -0.25) is 4.79 Å². The maximum absolute atomic E-state index is 12.1. The highest BCUT2D eigenvalue weighted by molar-refractivity contribution is 5.96. The smallest absolute Gasteiger partial charge is 0.422 e. The number of ether oxygens (including phenoxy) is 1.